The van der Waals surface area contributed by atoms with E-state index in [2.05, 4.69) is 0 Å². The molecule has 24 heavy (non-hydrogen) atoms. The summed E-state index contributed by atoms with van der Waals surface area (Å²) in [6, 6.07) is 11.1. The fourth-order valence-electron chi connectivity index (χ4n) is 2.72. The summed E-state index contributed by atoms with van der Waals surface area (Å²) >= 11 is 0. The minimum absolute atomic E-state index is 0.0273. The number of carbonyl (C=O) groups is 3. The van der Waals surface area contributed by atoms with Crippen LogP contribution in [0, 0.1) is 0 Å². The Bertz CT molecular complexity index is 877. The number of rotatable bonds is 2. The third-order valence-corrected chi connectivity index (χ3v) is 4.10. The lowest BCUT2D eigenvalue weighted by atomic mass is 9.85. The van der Waals surface area contributed by atoms with Crippen LogP contribution in [-0.2, 0) is 5.41 Å². The van der Waals surface area contributed by atoms with E-state index in [1.807, 2.05) is 26.8 Å². The van der Waals surface area contributed by atoms with Crippen molar-refractivity contribution in [3.63, 3.8) is 0 Å². The second-order valence-electron chi connectivity index (χ2n) is 6.81. The minimum Gasteiger partial charge on any atom is -0.478 e. The molecule has 0 radical (unpaired) electrons. The lowest BCUT2D eigenvalue weighted by Gasteiger charge is -2.19. The first kappa shape index (κ1) is 15.9. The largest absolute Gasteiger partial charge is 0.478 e. The van der Waals surface area contributed by atoms with Crippen LogP contribution in [0.3, 0.4) is 0 Å². The highest BCUT2D eigenvalue weighted by atomic mass is 16.4. The topological polar surface area (TPSA) is 74.7 Å². The number of aromatic carboxylic acids is 1. The lowest BCUT2D eigenvalue weighted by Crippen LogP contribution is -2.29. The van der Waals surface area contributed by atoms with Gasteiger partial charge in [0.05, 0.1) is 22.4 Å². The molecule has 0 aromatic heterocycles. The number of carboxylic acid groups (broad SMARTS) is 1. The van der Waals surface area contributed by atoms with Crippen molar-refractivity contribution < 1.29 is 19.5 Å². The predicted molar refractivity (Wildman–Crippen MR) is 89.7 cm³/mol. The number of benzene rings is 2. The number of anilines is 1. The second kappa shape index (κ2) is 5.30. The Morgan fingerprint density at radius 3 is 2.25 bits per heavy atom. The Balaban J connectivity index is 2.07. The van der Waals surface area contributed by atoms with Gasteiger partial charge in [-0.3, -0.25) is 9.59 Å². The van der Waals surface area contributed by atoms with E-state index in [4.69, 9.17) is 5.11 Å². The molecule has 1 aliphatic rings. The highest BCUT2D eigenvalue weighted by molar-refractivity contribution is 6.34. The molecule has 5 nitrogen and oxygen atoms in total. The van der Waals surface area contributed by atoms with Crippen LogP contribution in [0.25, 0.3) is 0 Å². The maximum absolute atomic E-state index is 12.7. The molecule has 3 rings (SSSR count). The van der Waals surface area contributed by atoms with Gasteiger partial charge in [0.1, 0.15) is 0 Å². The average molecular weight is 323 g/mol. The molecule has 122 valence electrons. The molecule has 2 aromatic rings. The van der Waals surface area contributed by atoms with Crippen molar-refractivity contribution in [2.24, 2.45) is 0 Å². The Kier molecular flexibility index (Phi) is 3.52. The standard InChI is InChI=1S/C19H17NO4/c1-19(2,3)12-7-8-14-15(10-12)17(22)20(16(14)21)13-6-4-5-11(9-13)18(23)24/h4-10H,1-3H3,(H,23,24). The summed E-state index contributed by atoms with van der Waals surface area (Å²) in [5.41, 5.74) is 1.80. The molecule has 0 bridgehead atoms. The summed E-state index contributed by atoms with van der Waals surface area (Å²) in [6.07, 6.45) is 0. The van der Waals surface area contributed by atoms with Crippen LogP contribution in [0.2, 0.25) is 0 Å². The number of imide groups is 1. The summed E-state index contributed by atoms with van der Waals surface area (Å²) in [4.78, 5) is 37.5. The van der Waals surface area contributed by atoms with E-state index in [9.17, 15) is 14.4 Å². The molecule has 2 amide bonds. The first-order chi connectivity index (χ1) is 11.2. The molecule has 2 aromatic carbocycles. The molecular formula is C19H17NO4. The van der Waals surface area contributed by atoms with Crippen LogP contribution in [0.4, 0.5) is 5.69 Å². The molecule has 0 saturated heterocycles. The van der Waals surface area contributed by atoms with Crippen LogP contribution >= 0.6 is 0 Å². The van der Waals surface area contributed by atoms with Gasteiger partial charge in [-0.05, 0) is 41.3 Å². The van der Waals surface area contributed by atoms with E-state index in [0.29, 0.717) is 11.1 Å². The van der Waals surface area contributed by atoms with Gasteiger partial charge in [0.15, 0.2) is 0 Å². The van der Waals surface area contributed by atoms with Gasteiger partial charge in [-0.25, -0.2) is 9.69 Å². The van der Waals surface area contributed by atoms with E-state index < -0.39 is 17.8 Å². The van der Waals surface area contributed by atoms with E-state index in [1.54, 1.807) is 18.2 Å². The van der Waals surface area contributed by atoms with Crippen molar-refractivity contribution in [2.45, 2.75) is 26.2 Å². The van der Waals surface area contributed by atoms with E-state index >= 15 is 0 Å². The number of hydrogen-bond acceptors (Lipinski definition) is 3. The summed E-state index contributed by atoms with van der Waals surface area (Å²) in [5, 5.41) is 9.09. The number of hydrogen-bond donors (Lipinski definition) is 1. The van der Waals surface area contributed by atoms with E-state index in [0.717, 1.165) is 10.5 Å². The SMILES string of the molecule is CC(C)(C)c1ccc2c(c1)C(=O)N(c1cccc(C(=O)O)c1)C2=O. The average Bonchev–Trinajstić information content (AvgIpc) is 2.77. The first-order valence-electron chi connectivity index (χ1n) is 7.57. The fourth-order valence-corrected chi connectivity index (χ4v) is 2.72. The van der Waals surface area contributed by atoms with Crippen LogP contribution in [-0.4, -0.2) is 22.9 Å². The number of carbonyl (C=O) groups excluding carboxylic acids is 2. The van der Waals surface area contributed by atoms with Crippen LogP contribution in [0.15, 0.2) is 42.5 Å². The van der Waals surface area contributed by atoms with Gasteiger partial charge in [-0.15, -0.1) is 0 Å². The van der Waals surface area contributed by atoms with Crippen molar-refractivity contribution in [1.82, 2.24) is 0 Å². The summed E-state index contributed by atoms with van der Waals surface area (Å²) in [6.45, 7) is 6.10. The molecule has 1 aliphatic heterocycles. The molecule has 1 heterocycles. The molecule has 1 N–H and O–H groups in total. The minimum atomic E-state index is -1.11. The van der Waals surface area contributed by atoms with Gasteiger partial charge < -0.3 is 5.11 Å². The maximum Gasteiger partial charge on any atom is 0.335 e. The fraction of sp³-hybridized carbons (Fsp3) is 0.211. The number of carboxylic acids is 1. The van der Waals surface area contributed by atoms with E-state index in [-0.39, 0.29) is 16.7 Å². The summed E-state index contributed by atoms with van der Waals surface area (Å²) in [7, 11) is 0. The normalized spacial score (nSPS) is 14.0. The zero-order valence-corrected chi connectivity index (χ0v) is 13.7. The molecule has 0 saturated carbocycles. The molecule has 0 atom stereocenters. The van der Waals surface area contributed by atoms with Gasteiger partial charge >= 0.3 is 5.97 Å². The van der Waals surface area contributed by atoms with Gasteiger partial charge in [-0.1, -0.05) is 32.9 Å². The first-order valence-corrected chi connectivity index (χ1v) is 7.57. The highest BCUT2D eigenvalue weighted by Crippen LogP contribution is 2.32. The van der Waals surface area contributed by atoms with Crippen LogP contribution in [0.5, 0.6) is 0 Å². The van der Waals surface area contributed by atoms with Crippen molar-refractivity contribution in [1.29, 1.82) is 0 Å². The molecule has 0 fully saturated rings. The van der Waals surface area contributed by atoms with Gasteiger partial charge in [0, 0.05) is 0 Å². The molecule has 0 aliphatic carbocycles. The number of amides is 2. The zero-order valence-electron chi connectivity index (χ0n) is 13.7. The molecule has 0 unspecified atom stereocenters. The van der Waals surface area contributed by atoms with Crippen LogP contribution < -0.4 is 4.90 Å². The number of fused-ring (bicyclic) bond motifs is 1. The number of nitrogens with zero attached hydrogens (tertiary/aromatic N) is 1. The summed E-state index contributed by atoms with van der Waals surface area (Å²) < 4.78 is 0. The Hall–Kier alpha value is -2.95. The second-order valence-corrected chi connectivity index (χ2v) is 6.81. The van der Waals surface area contributed by atoms with Gasteiger partial charge in [-0.2, -0.15) is 0 Å². The van der Waals surface area contributed by atoms with Crippen molar-refractivity contribution in [3.05, 3.63) is 64.7 Å². The van der Waals surface area contributed by atoms with Gasteiger partial charge in [0.25, 0.3) is 11.8 Å². The smallest absolute Gasteiger partial charge is 0.335 e. The van der Waals surface area contributed by atoms with E-state index in [1.165, 1.54) is 18.2 Å². The Labute approximate surface area is 139 Å². The van der Waals surface area contributed by atoms with Crippen molar-refractivity contribution in [3.8, 4) is 0 Å². The maximum atomic E-state index is 12.7. The Morgan fingerprint density at radius 2 is 1.62 bits per heavy atom. The predicted octanol–water partition coefficient (Wildman–Crippen LogP) is 3.48. The van der Waals surface area contributed by atoms with Gasteiger partial charge in [0.2, 0.25) is 0 Å². The van der Waals surface area contributed by atoms with Crippen molar-refractivity contribution >= 4 is 23.5 Å². The quantitative estimate of drug-likeness (QED) is 0.859. The Morgan fingerprint density at radius 1 is 0.958 bits per heavy atom. The lowest BCUT2D eigenvalue weighted by molar-refractivity contribution is 0.0695. The zero-order chi connectivity index (χ0) is 17.6. The third kappa shape index (κ3) is 2.48. The molecular weight excluding hydrogens is 306 g/mol. The monoisotopic (exact) mass is 323 g/mol. The highest BCUT2D eigenvalue weighted by Gasteiger charge is 2.37. The molecule has 0 spiro atoms. The third-order valence-electron chi connectivity index (χ3n) is 4.10. The van der Waals surface area contributed by atoms with Crippen LogP contribution in [0.1, 0.15) is 57.4 Å². The summed E-state index contributed by atoms with van der Waals surface area (Å²) in [5.74, 6) is -1.97. The molecule has 5 heteroatoms. The van der Waals surface area contributed by atoms with Crippen molar-refractivity contribution in [2.75, 3.05) is 4.90 Å².